The summed E-state index contributed by atoms with van der Waals surface area (Å²) in [6, 6.07) is 10.2. The fourth-order valence-electron chi connectivity index (χ4n) is 11.1. The van der Waals surface area contributed by atoms with Crippen molar-refractivity contribution in [2.45, 2.75) is 100 Å². The average molecular weight is 911 g/mol. The zero-order valence-corrected chi connectivity index (χ0v) is 37.1. The highest BCUT2D eigenvalue weighted by Crippen LogP contribution is 2.55. The second-order valence-electron chi connectivity index (χ2n) is 18.7. The molecule has 9 rings (SSSR count). The minimum absolute atomic E-state index is 0.0120. The number of aromatic hydroxyl groups is 2. The number of nitrogens with one attached hydrogen (secondary N) is 2. The standard InChI is InChI=1S/C49H58N4O13/c1-4-37-33-11-12-51-36(33)22-53(37)43-45-28(14-35-39(57)13-25(2)64-46(35)43)15-41(49(65-45)19-26(5-7-30(49)21-50-3)29-16-42(59)52-20-29)66-63-24-48(62,47(61)44(60)40(58)23-54)18-27-6-10-38(56)32-9-8-31(55)17-34(27)32/h6,8-14,17,22,26,29-30,37,40-41,44,47,50,54-56,58,60-62H,4-5,7,15-16,18-21,23-24H2,1-3H3,(H,52,59). The van der Waals surface area contributed by atoms with E-state index in [1.165, 1.54) is 36.4 Å². The third kappa shape index (κ3) is 8.04. The van der Waals surface area contributed by atoms with Gasteiger partial charge in [-0.15, -0.1) is 0 Å². The number of aliphatic imine (C=N–C) groups is 1. The number of fused-ring (bicyclic) bond motifs is 4. The van der Waals surface area contributed by atoms with E-state index in [4.69, 9.17) is 18.9 Å². The summed E-state index contributed by atoms with van der Waals surface area (Å²) >= 11 is 0. The second kappa shape index (κ2) is 18.0. The molecule has 17 heteroatoms. The fraction of sp³-hybridized carbons (Fsp3) is 0.490. The van der Waals surface area contributed by atoms with Crippen LogP contribution in [0, 0.1) is 24.7 Å². The molecule has 1 aliphatic carbocycles. The lowest BCUT2D eigenvalue weighted by molar-refractivity contribution is -0.378. The van der Waals surface area contributed by atoms with Gasteiger partial charge in [0.2, 0.25) is 5.91 Å². The fourth-order valence-corrected chi connectivity index (χ4v) is 11.1. The number of nitrogens with zero attached hydrogens (tertiary/aromatic N) is 2. The van der Waals surface area contributed by atoms with Gasteiger partial charge in [0, 0.05) is 73.3 Å². The number of anilines is 1. The number of aliphatic hydroxyl groups excluding tert-OH is 4. The van der Waals surface area contributed by atoms with Crippen LogP contribution in [0.2, 0.25) is 0 Å². The first kappa shape index (κ1) is 45.8. The molecular weight excluding hydrogens is 853 g/mol. The Morgan fingerprint density at radius 2 is 1.86 bits per heavy atom. The van der Waals surface area contributed by atoms with Gasteiger partial charge in [-0.1, -0.05) is 13.0 Å². The van der Waals surface area contributed by atoms with Crippen LogP contribution in [0.3, 0.4) is 0 Å². The number of hydrogen-bond donors (Lipinski definition) is 9. The molecule has 1 amide bonds. The molecule has 9 N–H and O–H groups in total. The molecule has 0 radical (unpaired) electrons. The van der Waals surface area contributed by atoms with E-state index in [9.17, 15) is 45.3 Å². The number of carbonyl (C=O) groups excluding carboxylic acids is 1. The van der Waals surface area contributed by atoms with Crippen molar-refractivity contribution >= 4 is 39.6 Å². The van der Waals surface area contributed by atoms with Crippen LogP contribution in [0.25, 0.3) is 21.7 Å². The molecule has 10 atom stereocenters. The molecule has 1 aromatic heterocycles. The Kier molecular flexibility index (Phi) is 12.5. The smallest absolute Gasteiger partial charge is 0.220 e. The predicted molar refractivity (Wildman–Crippen MR) is 243 cm³/mol. The number of allylic oxidation sites excluding steroid dienone is 1. The summed E-state index contributed by atoms with van der Waals surface area (Å²) in [4.78, 5) is 45.8. The molecule has 10 unspecified atom stereocenters. The van der Waals surface area contributed by atoms with Crippen LogP contribution < -0.4 is 25.7 Å². The number of carbonyl (C=O) groups is 1. The maximum absolute atomic E-state index is 13.9. The zero-order valence-electron chi connectivity index (χ0n) is 37.1. The number of benzene rings is 3. The van der Waals surface area contributed by atoms with Crippen LogP contribution in [-0.2, 0) is 27.4 Å². The highest BCUT2D eigenvalue weighted by atomic mass is 17.2. The number of phenolic OH excluding ortho intramolecular Hbond substituents is 2. The van der Waals surface area contributed by atoms with E-state index < -0.39 is 55.3 Å². The first-order valence-corrected chi connectivity index (χ1v) is 22.7. The SMILES string of the molecule is CCC1C2=CC=NC2=CN1c1c2c(cc3c(=O)cc(C)oc13)CC(OOCC(O)(Cc1ccc(O)c3ccc(O)cc13)C(O)C(O)C(O)CO)C1(CC(C3CNC(=O)C3)CCC1CNC)O2. The van der Waals surface area contributed by atoms with Crippen molar-refractivity contribution in [2.75, 3.05) is 38.3 Å². The van der Waals surface area contributed by atoms with E-state index in [-0.39, 0.29) is 53.1 Å². The number of hydrogen-bond acceptors (Lipinski definition) is 16. The highest BCUT2D eigenvalue weighted by Gasteiger charge is 2.57. The van der Waals surface area contributed by atoms with E-state index in [2.05, 4.69) is 27.4 Å². The van der Waals surface area contributed by atoms with E-state index in [0.717, 1.165) is 17.7 Å². The molecule has 66 heavy (non-hydrogen) atoms. The van der Waals surface area contributed by atoms with Crippen molar-refractivity contribution in [2.24, 2.45) is 22.7 Å². The first-order chi connectivity index (χ1) is 31.7. The Bertz CT molecular complexity index is 2680. The molecular formula is C49H58N4O13. The Morgan fingerprint density at radius 1 is 1.05 bits per heavy atom. The minimum Gasteiger partial charge on any atom is -0.508 e. The van der Waals surface area contributed by atoms with Gasteiger partial charge in [-0.25, -0.2) is 9.78 Å². The number of aryl methyl sites for hydroxylation is 1. The highest BCUT2D eigenvalue weighted by molar-refractivity contribution is 5.97. The van der Waals surface area contributed by atoms with Crippen molar-refractivity contribution in [1.29, 1.82) is 0 Å². The lowest BCUT2D eigenvalue weighted by Crippen LogP contribution is -2.63. The summed E-state index contributed by atoms with van der Waals surface area (Å²) in [6.45, 7) is 3.12. The minimum atomic E-state index is -2.42. The summed E-state index contributed by atoms with van der Waals surface area (Å²) < 4.78 is 14.0. The van der Waals surface area contributed by atoms with Crippen LogP contribution in [0.5, 0.6) is 17.2 Å². The number of aliphatic hydroxyl groups is 5. The summed E-state index contributed by atoms with van der Waals surface area (Å²) in [5, 5.41) is 83.7. The maximum atomic E-state index is 13.9. The third-order valence-electron chi connectivity index (χ3n) is 14.6. The molecule has 3 aromatic carbocycles. The summed E-state index contributed by atoms with van der Waals surface area (Å²) in [5.74, 6) is 0.524. The van der Waals surface area contributed by atoms with Gasteiger partial charge in [0.15, 0.2) is 16.8 Å². The van der Waals surface area contributed by atoms with Gasteiger partial charge >= 0.3 is 0 Å². The number of amides is 1. The molecule has 1 spiro atoms. The van der Waals surface area contributed by atoms with Crippen molar-refractivity contribution in [3.8, 4) is 17.2 Å². The molecule has 0 bridgehead atoms. The zero-order chi connectivity index (χ0) is 46.7. The largest absolute Gasteiger partial charge is 0.508 e. The monoisotopic (exact) mass is 910 g/mol. The van der Waals surface area contributed by atoms with Gasteiger partial charge in [0.25, 0.3) is 0 Å². The van der Waals surface area contributed by atoms with E-state index >= 15 is 0 Å². The topological polar surface area (TPSA) is 256 Å². The molecule has 17 nitrogen and oxygen atoms in total. The number of rotatable bonds is 15. The van der Waals surface area contributed by atoms with Gasteiger partial charge in [0.1, 0.15) is 65.2 Å². The molecule has 1 saturated carbocycles. The first-order valence-electron chi connectivity index (χ1n) is 22.7. The van der Waals surface area contributed by atoms with E-state index in [1.54, 1.807) is 19.2 Å². The van der Waals surface area contributed by atoms with Gasteiger partial charge < -0.3 is 60.4 Å². The Labute approximate surface area is 380 Å². The molecule has 4 aromatic rings. The average Bonchev–Trinajstić information content (AvgIpc) is 4.04. The van der Waals surface area contributed by atoms with Crippen LogP contribution >= 0.6 is 0 Å². The van der Waals surface area contributed by atoms with Gasteiger partial charge in [-0.05, 0) is 98.8 Å². The molecule has 352 valence electrons. The Morgan fingerprint density at radius 3 is 2.61 bits per heavy atom. The lowest BCUT2D eigenvalue weighted by Gasteiger charge is -2.53. The van der Waals surface area contributed by atoms with Crippen molar-refractivity contribution < 1.29 is 59.5 Å². The predicted octanol–water partition coefficient (Wildman–Crippen LogP) is 2.93. The summed E-state index contributed by atoms with van der Waals surface area (Å²) in [5.41, 5.74) is -0.0763. The summed E-state index contributed by atoms with van der Waals surface area (Å²) in [7, 11) is 1.86. The normalized spacial score (nSPS) is 27.0. The van der Waals surface area contributed by atoms with Crippen molar-refractivity contribution in [3.63, 3.8) is 0 Å². The van der Waals surface area contributed by atoms with Crippen LogP contribution in [0.4, 0.5) is 5.69 Å². The quantitative estimate of drug-likeness (QED) is 0.0614. The van der Waals surface area contributed by atoms with Gasteiger partial charge in [0.05, 0.1) is 23.7 Å². The molecule has 5 heterocycles. The second-order valence-corrected chi connectivity index (χ2v) is 18.7. The van der Waals surface area contributed by atoms with Crippen LogP contribution in [0.1, 0.15) is 55.9 Å². The summed E-state index contributed by atoms with van der Waals surface area (Å²) in [6.07, 6.45) is 1.49. The Balaban J connectivity index is 1.15. The lowest BCUT2D eigenvalue weighted by atomic mass is 9.63. The van der Waals surface area contributed by atoms with Gasteiger partial charge in [-0.3, -0.25) is 14.6 Å². The van der Waals surface area contributed by atoms with Crippen LogP contribution in [0.15, 0.2) is 80.2 Å². The maximum Gasteiger partial charge on any atom is 0.220 e. The van der Waals surface area contributed by atoms with E-state index in [0.29, 0.717) is 88.8 Å². The number of ether oxygens (including phenoxy) is 1. The van der Waals surface area contributed by atoms with Crippen LogP contribution in [-0.4, -0.2) is 123 Å². The van der Waals surface area contributed by atoms with E-state index in [1.807, 2.05) is 19.3 Å². The van der Waals surface area contributed by atoms with Crippen molar-refractivity contribution in [1.82, 2.24) is 10.6 Å². The van der Waals surface area contributed by atoms with Gasteiger partial charge in [-0.2, -0.15) is 0 Å². The Hall–Kier alpha value is -5.37. The van der Waals surface area contributed by atoms with Crippen molar-refractivity contribution in [3.05, 3.63) is 93.1 Å². The molecule has 2 fully saturated rings. The number of phenols is 2. The molecule has 5 aliphatic rings. The molecule has 1 saturated heterocycles. The molecule has 4 aliphatic heterocycles. The third-order valence-corrected chi connectivity index (χ3v) is 14.6.